The van der Waals surface area contributed by atoms with Crippen molar-refractivity contribution >= 4 is 11.5 Å². The minimum Gasteiger partial charge on any atom is -0.396 e. The maximum atomic E-state index is 8.95. The molecule has 90 valence electrons. The Labute approximate surface area is 102 Å². The lowest BCUT2D eigenvalue weighted by Crippen LogP contribution is -2.33. The van der Waals surface area contributed by atoms with Crippen LogP contribution in [0.25, 0.3) is 0 Å². The van der Waals surface area contributed by atoms with Crippen LogP contribution in [0.1, 0.15) is 38.3 Å². The Morgan fingerprint density at radius 2 is 2.24 bits per heavy atom. The van der Waals surface area contributed by atoms with Gasteiger partial charge in [0.2, 0.25) is 0 Å². The minimum atomic E-state index is 0.332. The fourth-order valence-electron chi connectivity index (χ4n) is 2.32. The van der Waals surface area contributed by atoms with Crippen LogP contribution in [0.5, 0.6) is 0 Å². The first-order chi connectivity index (χ1) is 8.22. The average molecular weight is 230 g/mol. The molecule has 0 radical (unpaired) electrons. The molecule has 2 heterocycles. The summed E-state index contributed by atoms with van der Waals surface area (Å²) in [6.45, 7) is 3.23. The van der Waals surface area contributed by atoms with Crippen molar-refractivity contribution in [2.24, 2.45) is 0 Å². The van der Waals surface area contributed by atoms with Crippen molar-refractivity contribution in [3.63, 3.8) is 0 Å². The fourth-order valence-corrected chi connectivity index (χ4v) is 2.32. The number of nitriles is 1. The van der Waals surface area contributed by atoms with Crippen molar-refractivity contribution < 1.29 is 0 Å². The highest BCUT2D eigenvalue weighted by Crippen LogP contribution is 2.23. The molecule has 1 unspecified atom stereocenters. The SMILES string of the molecule is CC1CCCCCN1c1ccc(N)c(C#N)n1. The van der Waals surface area contributed by atoms with Crippen molar-refractivity contribution in [2.75, 3.05) is 17.2 Å². The van der Waals surface area contributed by atoms with Crippen LogP contribution in [-0.2, 0) is 0 Å². The maximum absolute atomic E-state index is 8.95. The third-order valence-corrected chi connectivity index (χ3v) is 3.36. The van der Waals surface area contributed by atoms with E-state index in [-0.39, 0.29) is 0 Å². The van der Waals surface area contributed by atoms with E-state index in [1.807, 2.05) is 12.1 Å². The second-order valence-electron chi connectivity index (χ2n) is 4.61. The van der Waals surface area contributed by atoms with Crippen molar-refractivity contribution in [3.8, 4) is 6.07 Å². The third kappa shape index (κ3) is 2.50. The largest absolute Gasteiger partial charge is 0.396 e. The molecule has 2 N–H and O–H groups in total. The molecule has 0 aliphatic carbocycles. The van der Waals surface area contributed by atoms with Gasteiger partial charge in [-0.25, -0.2) is 4.98 Å². The average Bonchev–Trinajstić information content (AvgIpc) is 2.55. The molecule has 1 atom stereocenters. The second-order valence-corrected chi connectivity index (χ2v) is 4.61. The molecule has 0 aromatic carbocycles. The van der Waals surface area contributed by atoms with Crippen molar-refractivity contribution in [3.05, 3.63) is 17.8 Å². The predicted octanol–water partition coefficient (Wildman–Crippen LogP) is 2.30. The second kappa shape index (κ2) is 5.05. The van der Waals surface area contributed by atoms with E-state index in [4.69, 9.17) is 11.0 Å². The Bertz CT molecular complexity index is 436. The summed E-state index contributed by atoms with van der Waals surface area (Å²) in [5, 5.41) is 8.95. The van der Waals surface area contributed by atoms with Crippen molar-refractivity contribution in [1.29, 1.82) is 5.26 Å². The molecule has 1 aliphatic rings. The van der Waals surface area contributed by atoms with Crippen LogP contribution in [0.15, 0.2) is 12.1 Å². The Morgan fingerprint density at radius 3 is 3.00 bits per heavy atom. The maximum Gasteiger partial charge on any atom is 0.165 e. The van der Waals surface area contributed by atoms with Crippen molar-refractivity contribution in [1.82, 2.24) is 4.98 Å². The molecule has 0 bridgehead atoms. The summed E-state index contributed by atoms with van der Waals surface area (Å²) in [6.07, 6.45) is 4.94. The quantitative estimate of drug-likeness (QED) is 0.804. The first-order valence-corrected chi connectivity index (χ1v) is 6.15. The normalized spacial score (nSPS) is 20.7. The monoisotopic (exact) mass is 230 g/mol. The standard InChI is InChI=1S/C13H18N4/c1-10-5-3-2-4-8-17(10)13-7-6-11(15)12(9-14)16-13/h6-7,10H,2-5,8,15H2,1H3. The molecule has 1 fully saturated rings. The van der Waals surface area contributed by atoms with E-state index in [1.165, 1.54) is 25.7 Å². The molecule has 1 aromatic heterocycles. The van der Waals surface area contributed by atoms with Gasteiger partial charge in [0.05, 0.1) is 5.69 Å². The van der Waals surface area contributed by atoms with Crippen LogP contribution < -0.4 is 10.6 Å². The van der Waals surface area contributed by atoms with E-state index in [0.29, 0.717) is 17.4 Å². The molecule has 4 nitrogen and oxygen atoms in total. The number of hydrogen-bond acceptors (Lipinski definition) is 4. The molecular formula is C13H18N4. The first kappa shape index (κ1) is 11.7. The summed E-state index contributed by atoms with van der Waals surface area (Å²) in [5.41, 5.74) is 6.48. The highest BCUT2D eigenvalue weighted by atomic mass is 15.2. The van der Waals surface area contributed by atoms with Crippen LogP contribution in [0.4, 0.5) is 11.5 Å². The van der Waals surface area contributed by atoms with Gasteiger partial charge in [-0.1, -0.05) is 12.8 Å². The van der Waals surface area contributed by atoms with E-state index in [2.05, 4.69) is 16.8 Å². The van der Waals surface area contributed by atoms with Crippen molar-refractivity contribution in [2.45, 2.75) is 38.6 Å². The fraction of sp³-hybridized carbons (Fsp3) is 0.538. The molecule has 0 saturated carbocycles. The molecule has 0 amide bonds. The topological polar surface area (TPSA) is 65.9 Å². The number of anilines is 2. The zero-order valence-electron chi connectivity index (χ0n) is 10.2. The van der Waals surface area contributed by atoms with Gasteiger partial charge in [0, 0.05) is 12.6 Å². The van der Waals surface area contributed by atoms with Crippen LogP contribution in [-0.4, -0.2) is 17.6 Å². The van der Waals surface area contributed by atoms with Gasteiger partial charge >= 0.3 is 0 Å². The smallest absolute Gasteiger partial charge is 0.165 e. The zero-order chi connectivity index (χ0) is 12.3. The molecule has 1 saturated heterocycles. The van der Waals surface area contributed by atoms with Gasteiger partial charge in [-0.3, -0.25) is 0 Å². The van der Waals surface area contributed by atoms with Gasteiger partial charge in [0.15, 0.2) is 5.69 Å². The highest BCUT2D eigenvalue weighted by molar-refractivity contribution is 5.55. The van der Waals surface area contributed by atoms with Gasteiger partial charge < -0.3 is 10.6 Å². The van der Waals surface area contributed by atoms with Gasteiger partial charge in [0.25, 0.3) is 0 Å². The molecule has 4 heteroatoms. The Balaban J connectivity index is 2.29. The van der Waals surface area contributed by atoms with E-state index in [9.17, 15) is 0 Å². The van der Waals surface area contributed by atoms with E-state index in [0.717, 1.165) is 12.4 Å². The Morgan fingerprint density at radius 1 is 1.41 bits per heavy atom. The predicted molar refractivity (Wildman–Crippen MR) is 68.6 cm³/mol. The van der Waals surface area contributed by atoms with Gasteiger partial charge in [-0.2, -0.15) is 5.26 Å². The summed E-state index contributed by atoms with van der Waals surface area (Å²) in [4.78, 5) is 6.63. The summed E-state index contributed by atoms with van der Waals surface area (Å²) >= 11 is 0. The zero-order valence-corrected chi connectivity index (χ0v) is 10.2. The Hall–Kier alpha value is -1.76. The molecule has 1 aliphatic heterocycles. The number of pyridine rings is 1. The summed E-state index contributed by atoms with van der Waals surface area (Å²) in [5.74, 6) is 0.880. The van der Waals surface area contributed by atoms with E-state index in [1.54, 1.807) is 6.07 Å². The lowest BCUT2D eigenvalue weighted by Gasteiger charge is -2.28. The molecule has 1 aromatic rings. The highest BCUT2D eigenvalue weighted by Gasteiger charge is 2.18. The summed E-state index contributed by atoms with van der Waals surface area (Å²) in [6, 6.07) is 6.22. The number of nitrogens with two attached hydrogens (primary N) is 1. The van der Waals surface area contributed by atoms with Crippen LogP contribution in [0.2, 0.25) is 0 Å². The number of aromatic nitrogens is 1. The van der Waals surface area contributed by atoms with Gasteiger partial charge in [-0.05, 0) is 31.9 Å². The van der Waals surface area contributed by atoms with E-state index < -0.39 is 0 Å². The lowest BCUT2D eigenvalue weighted by molar-refractivity contribution is 0.611. The van der Waals surface area contributed by atoms with Crippen LogP contribution in [0, 0.1) is 11.3 Å². The molecule has 0 spiro atoms. The number of nitrogen functional groups attached to an aromatic ring is 1. The number of nitrogens with zero attached hydrogens (tertiary/aromatic N) is 3. The van der Waals surface area contributed by atoms with Crippen LogP contribution >= 0.6 is 0 Å². The molecule has 17 heavy (non-hydrogen) atoms. The van der Waals surface area contributed by atoms with Gasteiger partial charge in [0.1, 0.15) is 11.9 Å². The minimum absolute atomic E-state index is 0.332. The lowest BCUT2D eigenvalue weighted by atomic mass is 10.1. The Kier molecular flexibility index (Phi) is 3.48. The summed E-state index contributed by atoms with van der Waals surface area (Å²) in [7, 11) is 0. The van der Waals surface area contributed by atoms with Gasteiger partial charge in [-0.15, -0.1) is 0 Å². The number of hydrogen-bond donors (Lipinski definition) is 1. The van der Waals surface area contributed by atoms with Crippen LogP contribution in [0.3, 0.4) is 0 Å². The third-order valence-electron chi connectivity index (χ3n) is 3.36. The molecular weight excluding hydrogens is 212 g/mol. The number of rotatable bonds is 1. The first-order valence-electron chi connectivity index (χ1n) is 6.15. The van der Waals surface area contributed by atoms with E-state index >= 15 is 0 Å². The summed E-state index contributed by atoms with van der Waals surface area (Å²) < 4.78 is 0. The molecule has 2 rings (SSSR count).